The molecule has 3 aromatic rings. The second-order valence-corrected chi connectivity index (χ2v) is 7.08. The average Bonchev–Trinajstić information content (AvgIpc) is 2.83. The Labute approximate surface area is 127 Å². The maximum atomic E-state index is 11.1. The van der Waals surface area contributed by atoms with Gasteiger partial charge in [0.2, 0.25) is 0 Å². The highest BCUT2D eigenvalue weighted by Crippen LogP contribution is 2.36. The summed E-state index contributed by atoms with van der Waals surface area (Å²) in [4.78, 5) is 16.6. The van der Waals surface area contributed by atoms with E-state index < -0.39 is 0 Å². The second-order valence-electron chi connectivity index (χ2n) is 3.85. The van der Waals surface area contributed by atoms with Crippen LogP contribution in [0.2, 0.25) is 0 Å². The van der Waals surface area contributed by atoms with Gasteiger partial charge in [-0.05, 0) is 30.3 Å². The van der Waals surface area contributed by atoms with Crippen molar-refractivity contribution >= 4 is 55.5 Å². The van der Waals surface area contributed by atoms with Gasteiger partial charge in [0.25, 0.3) is 0 Å². The zero-order valence-corrected chi connectivity index (χ0v) is 12.9. The Morgan fingerprint density at radius 2 is 2.05 bits per heavy atom. The predicted octanol–water partition coefficient (Wildman–Crippen LogP) is 5.02. The predicted molar refractivity (Wildman–Crippen MR) is 83.3 cm³/mol. The zero-order chi connectivity index (χ0) is 13.2. The molecule has 1 aromatic heterocycles. The molecule has 94 valence electrons. The van der Waals surface area contributed by atoms with Crippen molar-refractivity contribution in [1.29, 1.82) is 0 Å². The van der Waals surface area contributed by atoms with E-state index >= 15 is 0 Å². The van der Waals surface area contributed by atoms with Crippen molar-refractivity contribution in [3.8, 4) is 0 Å². The van der Waals surface area contributed by atoms with Gasteiger partial charge in [-0.1, -0.05) is 39.8 Å². The standard InChI is InChI=1S/C14H8BrNOS2/c15-10-5-6-12(9(7-10)8-17)18-14-16-11-3-1-2-4-13(11)19-14/h1-8H. The van der Waals surface area contributed by atoms with Gasteiger partial charge >= 0.3 is 0 Å². The molecule has 0 aliphatic heterocycles. The first-order chi connectivity index (χ1) is 9.26. The van der Waals surface area contributed by atoms with Crippen molar-refractivity contribution in [2.45, 2.75) is 9.24 Å². The maximum Gasteiger partial charge on any atom is 0.155 e. The summed E-state index contributed by atoms with van der Waals surface area (Å²) in [6, 6.07) is 13.7. The third kappa shape index (κ3) is 2.73. The second kappa shape index (κ2) is 5.45. The fourth-order valence-corrected chi connectivity index (χ4v) is 4.17. The molecule has 3 rings (SSSR count). The Balaban J connectivity index is 1.98. The Morgan fingerprint density at radius 1 is 1.21 bits per heavy atom. The van der Waals surface area contributed by atoms with E-state index in [9.17, 15) is 4.79 Å². The van der Waals surface area contributed by atoms with Crippen LogP contribution in [0.5, 0.6) is 0 Å². The first kappa shape index (κ1) is 12.8. The lowest BCUT2D eigenvalue weighted by Gasteiger charge is -2.02. The Hall–Kier alpha value is -1.17. The normalized spacial score (nSPS) is 10.8. The average molecular weight is 350 g/mol. The molecular formula is C14H8BrNOS2. The minimum absolute atomic E-state index is 0.679. The Kier molecular flexibility index (Phi) is 3.68. The van der Waals surface area contributed by atoms with Crippen LogP contribution in [0.4, 0.5) is 0 Å². The maximum absolute atomic E-state index is 11.1. The molecule has 2 nitrogen and oxygen atoms in total. The highest BCUT2D eigenvalue weighted by atomic mass is 79.9. The summed E-state index contributed by atoms with van der Waals surface area (Å²) < 4.78 is 3.02. The minimum atomic E-state index is 0.679. The van der Waals surface area contributed by atoms with Gasteiger partial charge in [0.15, 0.2) is 10.6 Å². The summed E-state index contributed by atoms with van der Waals surface area (Å²) >= 11 is 6.54. The van der Waals surface area contributed by atoms with Gasteiger partial charge in [-0.25, -0.2) is 4.98 Å². The van der Waals surface area contributed by atoms with E-state index in [2.05, 4.69) is 27.0 Å². The lowest BCUT2D eigenvalue weighted by Crippen LogP contribution is -1.84. The number of halogens is 1. The van der Waals surface area contributed by atoms with E-state index in [1.165, 1.54) is 11.8 Å². The molecule has 19 heavy (non-hydrogen) atoms. The van der Waals surface area contributed by atoms with Gasteiger partial charge in [0.1, 0.15) is 0 Å². The summed E-state index contributed by atoms with van der Waals surface area (Å²) in [6.07, 6.45) is 0.875. The summed E-state index contributed by atoms with van der Waals surface area (Å²) in [6.45, 7) is 0. The highest BCUT2D eigenvalue weighted by molar-refractivity contribution is 9.10. The van der Waals surface area contributed by atoms with Crippen LogP contribution in [0.3, 0.4) is 0 Å². The number of nitrogens with zero attached hydrogens (tertiary/aromatic N) is 1. The number of fused-ring (bicyclic) bond motifs is 1. The molecule has 0 N–H and O–H groups in total. The number of para-hydroxylation sites is 1. The Morgan fingerprint density at radius 3 is 2.84 bits per heavy atom. The van der Waals surface area contributed by atoms with Crippen LogP contribution in [0.15, 0.2) is 56.2 Å². The number of thiazole rings is 1. The molecule has 2 aromatic carbocycles. The highest BCUT2D eigenvalue weighted by Gasteiger charge is 2.08. The van der Waals surface area contributed by atoms with Crippen LogP contribution < -0.4 is 0 Å². The molecule has 0 aliphatic carbocycles. The van der Waals surface area contributed by atoms with Crippen LogP contribution >= 0.6 is 39.0 Å². The topological polar surface area (TPSA) is 30.0 Å². The monoisotopic (exact) mass is 349 g/mol. The molecule has 0 spiro atoms. The molecule has 0 atom stereocenters. The fourth-order valence-electron chi connectivity index (χ4n) is 1.69. The van der Waals surface area contributed by atoms with Gasteiger partial charge < -0.3 is 0 Å². The molecular weight excluding hydrogens is 342 g/mol. The van der Waals surface area contributed by atoms with E-state index in [1.807, 2.05) is 36.4 Å². The molecule has 0 saturated carbocycles. The van der Waals surface area contributed by atoms with Gasteiger partial charge in [0.05, 0.1) is 10.2 Å². The SMILES string of the molecule is O=Cc1cc(Br)ccc1Sc1nc2ccccc2s1. The van der Waals surface area contributed by atoms with Crippen molar-refractivity contribution in [3.63, 3.8) is 0 Å². The Bertz CT molecular complexity index is 721. The van der Waals surface area contributed by atoms with Crippen molar-refractivity contribution < 1.29 is 4.79 Å². The van der Waals surface area contributed by atoms with Crippen molar-refractivity contribution in [2.75, 3.05) is 0 Å². The molecule has 0 fully saturated rings. The van der Waals surface area contributed by atoms with E-state index in [-0.39, 0.29) is 0 Å². The summed E-state index contributed by atoms with van der Waals surface area (Å²) in [7, 11) is 0. The van der Waals surface area contributed by atoms with Crippen LogP contribution in [0.1, 0.15) is 10.4 Å². The van der Waals surface area contributed by atoms with E-state index in [0.717, 1.165) is 30.2 Å². The van der Waals surface area contributed by atoms with Gasteiger partial charge in [-0.2, -0.15) is 0 Å². The molecule has 5 heteroatoms. The van der Waals surface area contributed by atoms with Crippen LogP contribution in [-0.4, -0.2) is 11.3 Å². The largest absolute Gasteiger partial charge is 0.298 e. The number of hydrogen-bond donors (Lipinski definition) is 0. The third-order valence-corrected chi connectivity index (χ3v) is 5.25. The van der Waals surface area contributed by atoms with Gasteiger partial charge in [-0.3, -0.25) is 4.79 Å². The molecule has 0 saturated heterocycles. The molecule has 0 amide bonds. The number of carbonyl (C=O) groups excluding carboxylic acids is 1. The molecule has 0 aliphatic rings. The van der Waals surface area contributed by atoms with E-state index in [1.54, 1.807) is 11.3 Å². The number of aldehydes is 1. The first-order valence-corrected chi connectivity index (χ1v) is 7.97. The van der Waals surface area contributed by atoms with Crippen LogP contribution in [-0.2, 0) is 0 Å². The molecule has 0 unspecified atom stereocenters. The number of rotatable bonds is 3. The zero-order valence-electron chi connectivity index (χ0n) is 9.67. The van der Waals surface area contributed by atoms with Gasteiger partial charge in [0, 0.05) is 14.9 Å². The number of carbonyl (C=O) groups is 1. The molecule has 1 heterocycles. The van der Waals surface area contributed by atoms with Crippen molar-refractivity contribution in [1.82, 2.24) is 4.98 Å². The summed E-state index contributed by atoms with van der Waals surface area (Å²) in [5.41, 5.74) is 1.68. The number of benzene rings is 2. The van der Waals surface area contributed by atoms with Crippen molar-refractivity contribution in [2.24, 2.45) is 0 Å². The molecule has 0 bridgehead atoms. The van der Waals surface area contributed by atoms with Crippen LogP contribution in [0.25, 0.3) is 10.2 Å². The summed E-state index contributed by atoms with van der Waals surface area (Å²) in [5.74, 6) is 0. The van der Waals surface area contributed by atoms with E-state index in [0.29, 0.717) is 5.56 Å². The fraction of sp³-hybridized carbons (Fsp3) is 0. The van der Waals surface area contributed by atoms with Crippen molar-refractivity contribution in [3.05, 3.63) is 52.5 Å². The smallest absolute Gasteiger partial charge is 0.155 e. The lowest BCUT2D eigenvalue weighted by atomic mass is 10.2. The quantitative estimate of drug-likeness (QED) is 0.621. The number of hydrogen-bond acceptors (Lipinski definition) is 4. The van der Waals surface area contributed by atoms with Crippen LogP contribution in [0, 0.1) is 0 Å². The third-order valence-electron chi connectivity index (χ3n) is 2.57. The minimum Gasteiger partial charge on any atom is -0.298 e. The lowest BCUT2D eigenvalue weighted by molar-refractivity contribution is 0.112. The first-order valence-electron chi connectivity index (χ1n) is 5.54. The molecule has 0 radical (unpaired) electrons. The number of aromatic nitrogens is 1. The summed E-state index contributed by atoms with van der Waals surface area (Å²) in [5, 5.41) is 0. The van der Waals surface area contributed by atoms with Gasteiger partial charge in [-0.15, -0.1) is 11.3 Å². The van der Waals surface area contributed by atoms with E-state index in [4.69, 9.17) is 0 Å².